The molecule has 0 heterocycles. The zero-order valence-electron chi connectivity index (χ0n) is 6.55. The molecule has 0 bridgehead atoms. The standard InChI is InChI=1S/C5H2ClF7O2/c6-2(14)15-5(12,13)4(10,11)3(8,9)1-7/h1H2. The first-order valence-corrected chi connectivity index (χ1v) is 3.43. The Morgan fingerprint density at radius 2 is 1.53 bits per heavy atom. The summed E-state index contributed by atoms with van der Waals surface area (Å²) in [5, 5.41) is 0. The highest BCUT2D eigenvalue weighted by atomic mass is 35.5. The van der Waals surface area contributed by atoms with E-state index in [0.29, 0.717) is 0 Å². The normalized spacial score (nSPS) is 13.9. The molecule has 0 unspecified atom stereocenters. The van der Waals surface area contributed by atoms with Gasteiger partial charge < -0.3 is 4.74 Å². The van der Waals surface area contributed by atoms with Crippen LogP contribution in [0.2, 0.25) is 0 Å². The van der Waals surface area contributed by atoms with Crippen molar-refractivity contribution in [1.82, 2.24) is 0 Å². The van der Waals surface area contributed by atoms with E-state index in [1.165, 1.54) is 0 Å². The van der Waals surface area contributed by atoms with Crippen molar-refractivity contribution in [2.75, 3.05) is 6.67 Å². The molecule has 0 saturated carbocycles. The molecule has 0 saturated heterocycles. The molecule has 0 aromatic heterocycles. The Kier molecular flexibility index (Phi) is 3.83. The summed E-state index contributed by atoms with van der Waals surface area (Å²) in [6.45, 7) is -3.05. The molecular formula is C5H2ClF7O2. The van der Waals surface area contributed by atoms with Gasteiger partial charge in [0.2, 0.25) is 0 Å². The first-order valence-electron chi connectivity index (χ1n) is 3.06. The fourth-order valence-electron chi connectivity index (χ4n) is 0.462. The summed E-state index contributed by atoms with van der Waals surface area (Å²) < 4.78 is 86.9. The SMILES string of the molecule is O=C(Cl)OC(F)(F)C(F)(F)C(F)(F)CF. The smallest absolute Gasteiger partial charge is 0.384 e. The first-order chi connectivity index (χ1) is 6.48. The highest BCUT2D eigenvalue weighted by molar-refractivity contribution is 6.61. The first kappa shape index (κ1) is 14.3. The molecule has 0 spiro atoms. The van der Waals surface area contributed by atoms with Gasteiger partial charge in [0.25, 0.3) is 0 Å². The quantitative estimate of drug-likeness (QED) is 0.574. The van der Waals surface area contributed by atoms with Crippen molar-refractivity contribution in [2.24, 2.45) is 0 Å². The van der Waals surface area contributed by atoms with E-state index in [-0.39, 0.29) is 0 Å². The molecule has 0 aliphatic rings. The molecule has 0 fully saturated rings. The van der Waals surface area contributed by atoms with Crippen molar-refractivity contribution < 1.29 is 40.3 Å². The van der Waals surface area contributed by atoms with Gasteiger partial charge in [0.15, 0.2) is 6.67 Å². The average Bonchev–Trinajstić information content (AvgIpc) is 2.01. The van der Waals surface area contributed by atoms with E-state index < -0.39 is 30.1 Å². The van der Waals surface area contributed by atoms with Crippen molar-refractivity contribution in [2.45, 2.75) is 18.0 Å². The Morgan fingerprint density at radius 3 is 1.80 bits per heavy atom. The van der Waals surface area contributed by atoms with Gasteiger partial charge in [0.1, 0.15) is 0 Å². The molecule has 0 radical (unpaired) electrons. The Labute approximate surface area is 82.9 Å². The van der Waals surface area contributed by atoms with Gasteiger partial charge >= 0.3 is 23.4 Å². The topological polar surface area (TPSA) is 26.3 Å². The third-order valence-electron chi connectivity index (χ3n) is 1.20. The lowest BCUT2D eigenvalue weighted by atomic mass is 10.2. The predicted molar refractivity (Wildman–Crippen MR) is 33.2 cm³/mol. The van der Waals surface area contributed by atoms with E-state index in [2.05, 4.69) is 16.3 Å². The van der Waals surface area contributed by atoms with Crippen LogP contribution in [0.4, 0.5) is 35.5 Å². The van der Waals surface area contributed by atoms with Gasteiger partial charge in [-0.3, -0.25) is 0 Å². The van der Waals surface area contributed by atoms with E-state index in [9.17, 15) is 35.5 Å². The van der Waals surface area contributed by atoms with Gasteiger partial charge in [-0.05, 0) is 0 Å². The average molecular weight is 263 g/mol. The largest absolute Gasteiger partial charge is 0.473 e. The third-order valence-corrected chi connectivity index (χ3v) is 1.28. The van der Waals surface area contributed by atoms with Crippen LogP contribution in [0.15, 0.2) is 0 Å². The van der Waals surface area contributed by atoms with Crippen LogP contribution < -0.4 is 0 Å². The van der Waals surface area contributed by atoms with Crippen LogP contribution in [0.1, 0.15) is 0 Å². The van der Waals surface area contributed by atoms with Crippen LogP contribution in [0.25, 0.3) is 0 Å². The van der Waals surface area contributed by atoms with Crippen molar-refractivity contribution in [1.29, 1.82) is 0 Å². The lowest BCUT2D eigenvalue weighted by Crippen LogP contribution is -2.56. The molecule has 0 aromatic rings. The molecule has 10 heteroatoms. The number of halogens is 8. The minimum Gasteiger partial charge on any atom is -0.384 e. The maximum atomic E-state index is 12.3. The van der Waals surface area contributed by atoms with Crippen molar-refractivity contribution in [3.8, 4) is 0 Å². The van der Waals surface area contributed by atoms with Gasteiger partial charge in [0.05, 0.1) is 0 Å². The maximum Gasteiger partial charge on any atom is 0.473 e. The highest BCUT2D eigenvalue weighted by Crippen LogP contribution is 2.46. The van der Waals surface area contributed by atoms with Gasteiger partial charge in [-0.1, -0.05) is 0 Å². The number of rotatable bonds is 4. The Hall–Kier alpha value is -0.730. The third kappa shape index (κ3) is 2.64. The lowest BCUT2D eigenvalue weighted by molar-refractivity contribution is -0.379. The summed E-state index contributed by atoms with van der Waals surface area (Å²) in [4.78, 5) is 9.71. The molecule has 0 aromatic carbocycles. The van der Waals surface area contributed by atoms with Crippen LogP contribution >= 0.6 is 11.6 Å². The van der Waals surface area contributed by atoms with Gasteiger partial charge in [0, 0.05) is 11.6 Å². The molecule has 0 N–H and O–H groups in total. The second kappa shape index (κ2) is 4.03. The number of ether oxygens (including phenoxy) is 1. The van der Waals surface area contributed by atoms with E-state index in [0.717, 1.165) is 0 Å². The maximum absolute atomic E-state index is 12.3. The van der Waals surface area contributed by atoms with Crippen LogP contribution in [0.3, 0.4) is 0 Å². The zero-order chi connectivity index (χ0) is 12.5. The van der Waals surface area contributed by atoms with Crippen molar-refractivity contribution in [3.63, 3.8) is 0 Å². The van der Waals surface area contributed by atoms with Crippen molar-refractivity contribution >= 4 is 17.0 Å². The summed E-state index contributed by atoms with van der Waals surface area (Å²) >= 11 is 4.15. The second-order valence-electron chi connectivity index (χ2n) is 2.27. The monoisotopic (exact) mass is 262 g/mol. The van der Waals surface area contributed by atoms with Gasteiger partial charge in [-0.25, -0.2) is 9.18 Å². The summed E-state index contributed by atoms with van der Waals surface area (Å²) in [6, 6.07) is 0. The molecule has 0 atom stereocenters. The lowest BCUT2D eigenvalue weighted by Gasteiger charge is -2.29. The van der Waals surface area contributed by atoms with E-state index in [1.807, 2.05) is 0 Å². The van der Waals surface area contributed by atoms with Gasteiger partial charge in [-0.15, -0.1) is 0 Å². The van der Waals surface area contributed by atoms with Crippen LogP contribution in [-0.2, 0) is 4.74 Å². The second-order valence-corrected chi connectivity index (χ2v) is 2.58. The van der Waals surface area contributed by atoms with Crippen molar-refractivity contribution in [3.05, 3.63) is 0 Å². The molecule has 0 amide bonds. The molecule has 2 nitrogen and oxygen atoms in total. The Balaban J connectivity index is 5.08. The van der Waals surface area contributed by atoms with Crippen LogP contribution in [0.5, 0.6) is 0 Å². The highest BCUT2D eigenvalue weighted by Gasteiger charge is 2.74. The predicted octanol–water partition coefficient (Wildman–Crippen LogP) is 3.19. The zero-order valence-corrected chi connectivity index (χ0v) is 7.30. The Bertz CT molecular complexity index is 254. The molecule has 0 aliphatic carbocycles. The molecule has 15 heavy (non-hydrogen) atoms. The number of carbonyl (C=O) groups is 1. The summed E-state index contributed by atoms with van der Waals surface area (Å²) in [6.07, 6.45) is -5.90. The summed E-state index contributed by atoms with van der Waals surface area (Å²) in [5.41, 5.74) is -2.42. The molecule has 0 rings (SSSR count). The minimum atomic E-state index is -6.20. The molecular weight excluding hydrogens is 260 g/mol. The fraction of sp³-hybridized carbons (Fsp3) is 0.800. The summed E-state index contributed by atoms with van der Waals surface area (Å²) in [7, 11) is 0. The number of alkyl halides is 7. The molecule has 0 aliphatic heterocycles. The number of hydrogen-bond donors (Lipinski definition) is 0. The van der Waals surface area contributed by atoms with Gasteiger partial charge in [-0.2, -0.15) is 26.3 Å². The summed E-state index contributed by atoms with van der Waals surface area (Å²) in [5.74, 6) is -11.9. The minimum absolute atomic E-state index is 2.42. The fourth-order valence-corrected chi connectivity index (χ4v) is 0.559. The van der Waals surface area contributed by atoms with E-state index >= 15 is 0 Å². The molecule has 90 valence electrons. The van der Waals surface area contributed by atoms with E-state index in [1.54, 1.807) is 0 Å². The Morgan fingerprint density at radius 1 is 1.13 bits per heavy atom. The van der Waals surface area contributed by atoms with E-state index in [4.69, 9.17) is 0 Å². The number of carbonyl (C=O) groups excluding carboxylic acids is 1. The van der Waals surface area contributed by atoms with Crippen LogP contribution in [0, 0.1) is 0 Å². The van der Waals surface area contributed by atoms with Crippen LogP contribution in [-0.4, -0.2) is 30.1 Å². The number of hydrogen-bond acceptors (Lipinski definition) is 2.